The van der Waals surface area contributed by atoms with Gasteiger partial charge >= 0.3 is 0 Å². The van der Waals surface area contributed by atoms with E-state index >= 15 is 0 Å². The fourth-order valence-electron chi connectivity index (χ4n) is 1.90. The first-order chi connectivity index (χ1) is 9.19. The first-order valence-corrected chi connectivity index (χ1v) is 6.10. The van der Waals surface area contributed by atoms with Gasteiger partial charge in [0.1, 0.15) is 11.6 Å². The van der Waals surface area contributed by atoms with Crippen molar-refractivity contribution >= 4 is 11.5 Å². The van der Waals surface area contributed by atoms with Gasteiger partial charge in [-0.2, -0.15) is 0 Å². The van der Waals surface area contributed by atoms with Crippen molar-refractivity contribution in [1.82, 2.24) is 4.98 Å². The minimum absolute atomic E-state index is 0.193. The van der Waals surface area contributed by atoms with Crippen LogP contribution in [-0.2, 0) is 6.42 Å². The SMILES string of the molecule is Cc1cc(F)ccc1CCNc1ccnc(NN)c1. The van der Waals surface area contributed by atoms with Gasteiger partial charge in [-0.3, -0.25) is 0 Å². The Kier molecular flexibility index (Phi) is 4.30. The summed E-state index contributed by atoms with van der Waals surface area (Å²) in [6.45, 7) is 2.68. The van der Waals surface area contributed by atoms with Crippen LogP contribution in [-0.4, -0.2) is 11.5 Å². The van der Waals surface area contributed by atoms with Crippen molar-refractivity contribution in [3.8, 4) is 0 Å². The van der Waals surface area contributed by atoms with E-state index in [-0.39, 0.29) is 5.82 Å². The maximum atomic E-state index is 13.0. The highest BCUT2D eigenvalue weighted by molar-refractivity contribution is 5.51. The lowest BCUT2D eigenvalue weighted by Crippen LogP contribution is -2.10. The molecule has 4 nitrogen and oxygen atoms in total. The van der Waals surface area contributed by atoms with E-state index in [1.807, 2.05) is 25.1 Å². The van der Waals surface area contributed by atoms with E-state index in [9.17, 15) is 4.39 Å². The molecule has 4 N–H and O–H groups in total. The summed E-state index contributed by atoms with van der Waals surface area (Å²) in [5.74, 6) is 5.72. The molecule has 0 aliphatic carbocycles. The highest BCUT2D eigenvalue weighted by Crippen LogP contribution is 2.13. The lowest BCUT2D eigenvalue weighted by molar-refractivity contribution is 0.625. The van der Waals surface area contributed by atoms with Gasteiger partial charge in [0.2, 0.25) is 0 Å². The lowest BCUT2D eigenvalue weighted by atomic mass is 10.1. The van der Waals surface area contributed by atoms with Crippen molar-refractivity contribution in [2.24, 2.45) is 5.84 Å². The zero-order valence-electron chi connectivity index (χ0n) is 10.8. The van der Waals surface area contributed by atoms with Crippen LogP contribution < -0.4 is 16.6 Å². The summed E-state index contributed by atoms with van der Waals surface area (Å²) in [5, 5.41) is 3.28. The highest BCUT2D eigenvalue weighted by Gasteiger charge is 2.00. The number of hydrogen-bond donors (Lipinski definition) is 3. The molecule has 0 saturated heterocycles. The number of hydrazine groups is 1. The van der Waals surface area contributed by atoms with Crippen molar-refractivity contribution in [2.45, 2.75) is 13.3 Å². The molecule has 0 aliphatic heterocycles. The van der Waals surface area contributed by atoms with Crippen LogP contribution in [0.3, 0.4) is 0 Å². The largest absolute Gasteiger partial charge is 0.385 e. The fourth-order valence-corrected chi connectivity index (χ4v) is 1.90. The smallest absolute Gasteiger partial charge is 0.141 e. The number of aromatic nitrogens is 1. The molecular weight excluding hydrogens is 243 g/mol. The molecule has 19 heavy (non-hydrogen) atoms. The van der Waals surface area contributed by atoms with Crippen molar-refractivity contribution in [1.29, 1.82) is 0 Å². The van der Waals surface area contributed by atoms with Gasteiger partial charge in [0.25, 0.3) is 0 Å². The molecule has 0 aliphatic rings. The molecule has 0 radical (unpaired) electrons. The number of nitrogens with one attached hydrogen (secondary N) is 2. The number of pyridine rings is 1. The molecule has 1 aromatic heterocycles. The average Bonchev–Trinajstić information content (AvgIpc) is 2.41. The third kappa shape index (κ3) is 3.66. The molecule has 0 unspecified atom stereocenters. The first kappa shape index (κ1) is 13.3. The number of rotatable bonds is 5. The van der Waals surface area contributed by atoms with E-state index < -0.39 is 0 Å². The third-order valence-corrected chi connectivity index (χ3v) is 2.94. The van der Waals surface area contributed by atoms with Crippen LogP contribution in [0.1, 0.15) is 11.1 Å². The van der Waals surface area contributed by atoms with Gasteiger partial charge < -0.3 is 10.7 Å². The quantitative estimate of drug-likeness (QED) is 0.571. The normalized spacial score (nSPS) is 10.3. The summed E-state index contributed by atoms with van der Waals surface area (Å²) in [4.78, 5) is 4.03. The molecule has 2 rings (SSSR count). The van der Waals surface area contributed by atoms with Gasteiger partial charge in [-0.1, -0.05) is 6.07 Å². The van der Waals surface area contributed by atoms with Crippen LogP contribution in [0.15, 0.2) is 36.5 Å². The second kappa shape index (κ2) is 6.15. The molecule has 0 spiro atoms. The lowest BCUT2D eigenvalue weighted by Gasteiger charge is -2.09. The maximum absolute atomic E-state index is 13.0. The van der Waals surface area contributed by atoms with Gasteiger partial charge in [-0.05, 0) is 42.7 Å². The second-order valence-corrected chi connectivity index (χ2v) is 4.32. The second-order valence-electron chi connectivity index (χ2n) is 4.32. The molecule has 1 aromatic carbocycles. The van der Waals surface area contributed by atoms with E-state index in [1.54, 1.807) is 12.3 Å². The van der Waals surface area contributed by atoms with Crippen molar-refractivity contribution in [2.75, 3.05) is 17.3 Å². The Morgan fingerprint density at radius 3 is 2.84 bits per heavy atom. The number of nitrogens with two attached hydrogens (primary N) is 1. The third-order valence-electron chi connectivity index (χ3n) is 2.94. The Labute approximate surface area is 111 Å². The van der Waals surface area contributed by atoms with Gasteiger partial charge in [-0.15, -0.1) is 0 Å². The fraction of sp³-hybridized carbons (Fsp3) is 0.214. The predicted molar refractivity (Wildman–Crippen MR) is 75.4 cm³/mol. The van der Waals surface area contributed by atoms with Gasteiger partial charge in [-0.25, -0.2) is 15.2 Å². The molecule has 5 heteroatoms. The number of benzene rings is 1. The molecule has 2 aromatic rings. The molecular formula is C14H17FN4. The monoisotopic (exact) mass is 260 g/mol. The van der Waals surface area contributed by atoms with E-state index in [0.29, 0.717) is 5.82 Å². The Hall–Kier alpha value is -2.14. The van der Waals surface area contributed by atoms with E-state index in [4.69, 9.17) is 5.84 Å². The number of nitrogen functional groups attached to an aromatic ring is 1. The number of anilines is 2. The van der Waals surface area contributed by atoms with Gasteiger partial charge in [0, 0.05) is 24.5 Å². The average molecular weight is 260 g/mol. The van der Waals surface area contributed by atoms with Crippen molar-refractivity contribution < 1.29 is 4.39 Å². The summed E-state index contributed by atoms with van der Waals surface area (Å²) in [6, 6.07) is 8.57. The number of nitrogens with zero attached hydrogens (tertiary/aromatic N) is 1. The summed E-state index contributed by atoms with van der Waals surface area (Å²) < 4.78 is 13.0. The van der Waals surface area contributed by atoms with Crippen LogP contribution >= 0.6 is 0 Å². The molecule has 1 heterocycles. The molecule has 0 saturated carbocycles. The summed E-state index contributed by atoms with van der Waals surface area (Å²) >= 11 is 0. The molecule has 0 bridgehead atoms. The number of halogens is 1. The highest BCUT2D eigenvalue weighted by atomic mass is 19.1. The van der Waals surface area contributed by atoms with Gasteiger partial charge in [0.05, 0.1) is 0 Å². The summed E-state index contributed by atoms with van der Waals surface area (Å²) in [7, 11) is 0. The Morgan fingerprint density at radius 1 is 1.26 bits per heavy atom. The first-order valence-electron chi connectivity index (χ1n) is 6.10. The van der Waals surface area contributed by atoms with Crippen LogP contribution in [0, 0.1) is 12.7 Å². The maximum Gasteiger partial charge on any atom is 0.141 e. The Balaban J connectivity index is 1.92. The molecule has 100 valence electrons. The molecule has 0 amide bonds. The summed E-state index contributed by atoms with van der Waals surface area (Å²) in [5.41, 5.74) is 5.56. The number of hydrogen-bond acceptors (Lipinski definition) is 4. The van der Waals surface area contributed by atoms with E-state index in [2.05, 4.69) is 15.7 Å². The van der Waals surface area contributed by atoms with E-state index in [0.717, 1.165) is 29.8 Å². The van der Waals surface area contributed by atoms with Crippen LogP contribution in [0.4, 0.5) is 15.9 Å². The topological polar surface area (TPSA) is 63.0 Å². The molecule has 0 atom stereocenters. The Bertz CT molecular complexity index is 557. The minimum Gasteiger partial charge on any atom is -0.385 e. The predicted octanol–water partition coefficient (Wildman–Crippen LogP) is 2.47. The van der Waals surface area contributed by atoms with Crippen LogP contribution in [0.25, 0.3) is 0 Å². The minimum atomic E-state index is -0.193. The summed E-state index contributed by atoms with van der Waals surface area (Å²) in [6.07, 6.45) is 2.51. The molecule has 0 fully saturated rings. The van der Waals surface area contributed by atoms with Crippen LogP contribution in [0.2, 0.25) is 0 Å². The Morgan fingerprint density at radius 2 is 2.11 bits per heavy atom. The van der Waals surface area contributed by atoms with Crippen molar-refractivity contribution in [3.63, 3.8) is 0 Å². The standard InChI is InChI=1S/C14H17FN4/c1-10-8-12(15)3-2-11(10)4-6-17-13-5-7-18-14(9-13)19-16/h2-3,5,7-9H,4,6,16H2,1H3,(H2,17,18,19). The van der Waals surface area contributed by atoms with Crippen molar-refractivity contribution in [3.05, 3.63) is 53.5 Å². The van der Waals surface area contributed by atoms with E-state index in [1.165, 1.54) is 6.07 Å². The number of aryl methyl sites for hydroxylation is 1. The zero-order chi connectivity index (χ0) is 13.7. The van der Waals surface area contributed by atoms with Crippen LogP contribution in [0.5, 0.6) is 0 Å². The van der Waals surface area contributed by atoms with Gasteiger partial charge in [0.15, 0.2) is 0 Å². The zero-order valence-corrected chi connectivity index (χ0v) is 10.8.